The van der Waals surface area contributed by atoms with E-state index in [0.717, 1.165) is 30.7 Å². The van der Waals surface area contributed by atoms with Crippen LogP contribution in [0.1, 0.15) is 58.3 Å². The summed E-state index contributed by atoms with van der Waals surface area (Å²) >= 11 is 0. The van der Waals surface area contributed by atoms with Crippen LogP contribution in [-0.4, -0.2) is 49.3 Å². The van der Waals surface area contributed by atoms with Gasteiger partial charge < -0.3 is 14.8 Å². The van der Waals surface area contributed by atoms with E-state index in [1.54, 1.807) is 7.11 Å². The summed E-state index contributed by atoms with van der Waals surface area (Å²) in [4.78, 5) is 15.4. The van der Waals surface area contributed by atoms with Crippen LogP contribution in [0.4, 0.5) is 0 Å². The van der Waals surface area contributed by atoms with Gasteiger partial charge in [-0.1, -0.05) is 23.8 Å². The first-order valence-corrected chi connectivity index (χ1v) is 11.8. The fraction of sp³-hybridized carbons (Fsp3) is 0.519. The van der Waals surface area contributed by atoms with Crippen LogP contribution in [0.15, 0.2) is 36.4 Å². The lowest BCUT2D eigenvalue weighted by atomic mass is 9.94. The third kappa shape index (κ3) is 5.00. The number of aryl methyl sites for hydroxylation is 1. The predicted molar refractivity (Wildman–Crippen MR) is 127 cm³/mol. The highest BCUT2D eigenvalue weighted by atomic mass is 16.5. The minimum absolute atomic E-state index is 0.0541. The number of amides is 1. The Labute approximate surface area is 192 Å². The van der Waals surface area contributed by atoms with E-state index in [9.17, 15) is 4.79 Å². The highest BCUT2D eigenvalue weighted by Crippen LogP contribution is 2.38. The first-order chi connectivity index (χ1) is 15.5. The quantitative estimate of drug-likeness (QED) is 0.616. The number of piperidine rings is 1. The van der Waals surface area contributed by atoms with E-state index in [1.807, 2.05) is 31.2 Å². The van der Waals surface area contributed by atoms with Crippen molar-refractivity contribution in [2.75, 3.05) is 20.3 Å². The van der Waals surface area contributed by atoms with Gasteiger partial charge in [-0.05, 0) is 81.3 Å². The van der Waals surface area contributed by atoms with Crippen LogP contribution in [0.2, 0.25) is 0 Å². The lowest BCUT2D eigenvalue weighted by Gasteiger charge is -2.39. The van der Waals surface area contributed by atoms with E-state index in [-0.39, 0.29) is 11.9 Å². The molecule has 5 heteroatoms. The SMILES string of the molecule is COCCOc1ccc(CN2C3CCC2CC(NC(=O)c2ccc(C)cc2)C3)c(C)c1C. The molecular weight excluding hydrogens is 400 g/mol. The van der Waals surface area contributed by atoms with Gasteiger partial charge in [0.05, 0.1) is 6.61 Å². The molecule has 0 aliphatic carbocycles. The highest BCUT2D eigenvalue weighted by Gasteiger charge is 2.41. The topological polar surface area (TPSA) is 50.8 Å². The first-order valence-electron chi connectivity index (χ1n) is 11.8. The molecule has 2 aromatic carbocycles. The van der Waals surface area contributed by atoms with Gasteiger partial charge >= 0.3 is 0 Å². The van der Waals surface area contributed by atoms with Crippen LogP contribution in [0.5, 0.6) is 5.75 Å². The first kappa shape index (κ1) is 22.8. The number of fused-ring (bicyclic) bond motifs is 2. The van der Waals surface area contributed by atoms with Gasteiger partial charge in [-0.3, -0.25) is 9.69 Å². The van der Waals surface area contributed by atoms with E-state index in [0.29, 0.717) is 25.3 Å². The molecule has 0 spiro atoms. The van der Waals surface area contributed by atoms with Crippen LogP contribution >= 0.6 is 0 Å². The van der Waals surface area contributed by atoms with Crippen LogP contribution in [-0.2, 0) is 11.3 Å². The Morgan fingerprint density at radius 1 is 0.969 bits per heavy atom. The average molecular weight is 437 g/mol. The smallest absolute Gasteiger partial charge is 0.251 e. The van der Waals surface area contributed by atoms with Crippen molar-refractivity contribution in [2.45, 2.75) is 71.1 Å². The molecule has 5 nitrogen and oxygen atoms in total. The summed E-state index contributed by atoms with van der Waals surface area (Å²) in [5, 5.41) is 3.30. The van der Waals surface area contributed by atoms with Gasteiger partial charge in [-0.15, -0.1) is 0 Å². The number of ether oxygens (including phenoxy) is 2. The molecule has 2 aliphatic rings. The maximum Gasteiger partial charge on any atom is 0.251 e. The van der Waals surface area contributed by atoms with Crippen molar-refractivity contribution in [3.8, 4) is 5.75 Å². The largest absolute Gasteiger partial charge is 0.491 e. The Balaban J connectivity index is 1.37. The third-order valence-electron chi connectivity index (χ3n) is 7.28. The van der Waals surface area contributed by atoms with Crippen LogP contribution < -0.4 is 10.1 Å². The van der Waals surface area contributed by atoms with Gasteiger partial charge in [0.25, 0.3) is 5.91 Å². The molecule has 0 radical (unpaired) electrons. The Hall–Kier alpha value is -2.37. The number of methoxy groups -OCH3 is 1. The number of benzene rings is 2. The van der Waals surface area contributed by atoms with E-state index in [4.69, 9.17) is 9.47 Å². The number of carbonyl (C=O) groups is 1. The summed E-state index contributed by atoms with van der Waals surface area (Å²) in [6.45, 7) is 8.52. The summed E-state index contributed by atoms with van der Waals surface area (Å²) in [5.41, 5.74) is 5.83. The molecule has 2 unspecified atom stereocenters. The van der Waals surface area contributed by atoms with E-state index >= 15 is 0 Å². The van der Waals surface area contributed by atoms with Crippen molar-refractivity contribution in [2.24, 2.45) is 0 Å². The monoisotopic (exact) mass is 436 g/mol. The molecule has 1 amide bonds. The second kappa shape index (κ2) is 10.1. The number of nitrogens with one attached hydrogen (secondary N) is 1. The fourth-order valence-electron chi connectivity index (χ4n) is 5.24. The minimum atomic E-state index is 0.0541. The zero-order chi connectivity index (χ0) is 22.7. The number of hydrogen-bond acceptors (Lipinski definition) is 4. The van der Waals surface area contributed by atoms with E-state index in [2.05, 4.69) is 36.2 Å². The second-order valence-corrected chi connectivity index (χ2v) is 9.38. The maximum atomic E-state index is 12.7. The predicted octanol–water partition coefficient (Wildman–Crippen LogP) is 4.56. The molecule has 2 heterocycles. The summed E-state index contributed by atoms with van der Waals surface area (Å²) in [6, 6.07) is 13.5. The molecule has 2 saturated heterocycles. The van der Waals surface area contributed by atoms with Gasteiger partial charge in [0.1, 0.15) is 12.4 Å². The molecule has 4 rings (SSSR count). The summed E-state index contributed by atoms with van der Waals surface area (Å²) in [5.74, 6) is 1.00. The summed E-state index contributed by atoms with van der Waals surface area (Å²) in [7, 11) is 1.69. The van der Waals surface area contributed by atoms with Gasteiger partial charge in [-0.2, -0.15) is 0 Å². The number of nitrogens with zero attached hydrogens (tertiary/aromatic N) is 1. The lowest BCUT2D eigenvalue weighted by molar-refractivity contribution is 0.0827. The van der Waals surface area contributed by atoms with Gasteiger partial charge in [0.15, 0.2) is 0 Å². The Kier molecular flexibility index (Phi) is 7.17. The molecule has 32 heavy (non-hydrogen) atoms. The van der Waals surface area contributed by atoms with Crippen molar-refractivity contribution in [3.63, 3.8) is 0 Å². The fourth-order valence-corrected chi connectivity index (χ4v) is 5.24. The molecule has 2 fully saturated rings. The average Bonchev–Trinajstić information content (AvgIpc) is 3.01. The number of carbonyl (C=O) groups excluding carboxylic acids is 1. The lowest BCUT2D eigenvalue weighted by Crippen LogP contribution is -2.50. The van der Waals surface area contributed by atoms with E-state index < -0.39 is 0 Å². The second-order valence-electron chi connectivity index (χ2n) is 9.38. The molecule has 0 saturated carbocycles. The van der Waals surface area contributed by atoms with Gasteiger partial charge in [0, 0.05) is 37.3 Å². The molecule has 0 aromatic heterocycles. The standard InChI is InChI=1S/C27H36N2O3/c1-18-5-7-21(8-6-18)27(30)28-23-15-24-10-11-25(16-23)29(24)17-22-9-12-26(20(3)19(22)2)32-14-13-31-4/h5-9,12,23-25H,10-11,13-17H2,1-4H3,(H,28,30). The van der Waals surface area contributed by atoms with E-state index in [1.165, 1.54) is 35.1 Å². The van der Waals surface area contributed by atoms with Crippen LogP contribution in [0.25, 0.3) is 0 Å². The summed E-state index contributed by atoms with van der Waals surface area (Å²) < 4.78 is 11.0. The van der Waals surface area contributed by atoms with Crippen molar-refractivity contribution in [1.29, 1.82) is 0 Å². The minimum Gasteiger partial charge on any atom is -0.491 e. The zero-order valence-electron chi connectivity index (χ0n) is 19.8. The third-order valence-corrected chi connectivity index (χ3v) is 7.28. The summed E-state index contributed by atoms with van der Waals surface area (Å²) in [6.07, 6.45) is 4.50. The van der Waals surface area contributed by atoms with Gasteiger partial charge in [0.2, 0.25) is 0 Å². The molecule has 1 N–H and O–H groups in total. The molecule has 2 bridgehead atoms. The normalized spacial score (nSPS) is 22.7. The van der Waals surface area contributed by atoms with Crippen LogP contribution in [0.3, 0.4) is 0 Å². The molecule has 172 valence electrons. The highest BCUT2D eigenvalue weighted by molar-refractivity contribution is 5.94. The zero-order valence-corrected chi connectivity index (χ0v) is 19.8. The van der Waals surface area contributed by atoms with Crippen molar-refractivity contribution in [3.05, 3.63) is 64.2 Å². The van der Waals surface area contributed by atoms with Crippen LogP contribution in [0, 0.1) is 20.8 Å². The number of hydrogen-bond donors (Lipinski definition) is 1. The molecule has 2 atom stereocenters. The molecule has 2 aromatic rings. The maximum absolute atomic E-state index is 12.7. The Bertz CT molecular complexity index is 927. The molecular formula is C27H36N2O3. The molecule has 2 aliphatic heterocycles. The van der Waals surface area contributed by atoms with Gasteiger partial charge in [-0.25, -0.2) is 0 Å². The van der Waals surface area contributed by atoms with Crippen molar-refractivity contribution >= 4 is 5.91 Å². The Morgan fingerprint density at radius 2 is 1.66 bits per heavy atom. The number of rotatable bonds is 8. The Morgan fingerprint density at radius 3 is 2.31 bits per heavy atom. The van der Waals surface area contributed by atoms with Crippen molar-refractivity contribution in [1.82, 2.24) is 10.2 Å². The van der Waals surface area contributed by atoms with Crippen molar-refractivity contribution < 1.29 is 14.3 Å².